The highest BCUT2D eigenvalue weighted by molar-refractivity contribution is 5.94. The van der Waals surface area contributed by atoms with Gasteiger partial charge in [0, 0.05) is 51.4 Å². The SMILES string of the molecule is CCN1CCN(Cc2ccc(C(=O)NCCN)cc2)CC1. The third-order valence-corrected chi connectivity index (χ3v) is 3.96. The largest absolute Gasteiger partial charge is 0.351 e. The molecule has 0 saturated carbocycles. The van der Waals surface area contributed by atoms with Crippen LogP contribution < -0.4 is 11.1 Å². The van der Waals surface area contributed by atoms with Crippen LogP contribution in [0.1, 0.15) is 22.8 Å². The lowest BCUT2D eigenvalue weighted by atomic mass is 10.1. The molecule has 0 aliphatic carbocycles. The van der Waals surface area contributed by atoms with E-state index in [0.717, 1.165) is 39.3 Å². The van der Waals surface area contributed by atoms with Crippen molar-refractivity contribution in [1.29, 1.82) is 0 Å². The van der Waals surface area contributed by atoms with Gasteiger partial charge in [0.1, 0.15) is 0 Å². The number of carbonyl (C=O) groups is 1. The van der Waals surface area contributed by atoms with E-state index < -0.39 is 0 Å². The fraction of sp³-hybridized carbons (Fsp3) is 0.562. The minimum Gasteiger partial charge on any atom is -0.351 e. The molecule has 5 heteroatoms. The maximum absolute atomic E-state index is 11.8. The first-order chi connectivity index (χ1) is 10.2. The van der Waals surface area contributed by atoms with Crippen molar-refractivity contribution >= 4 is 5.91 Å². The third-order valence-electron chi connectivity index (χ3n) is 3.96. The van der Waals surface area contributed by atoms with Crippen molar-refractivity contribution in [3.63, 3.8) is 0 Å². The molecule has 0 bridgehead atoms. The van der Waals surface area contributed by atoms with Gasteiger partial charge in [-0.1, -0.05) is 19.1 Å². The second-order valence-corrected chi connectivity index (χ2v) is 5.45. The van der Waals surface area contributed by atoms with Crippen LogP contribution >= 0.6 is 0 Å². The van der Waals surface area contributed by atoms with Gasteiger partial charge in [-0.3, -0.25) is 9.69 Å². The van der Waals surface area contributed by atoms with Crippen LogP contribution in [-0.2, 0) is 6.54 Å². The number of nitrogens with zero attached hydrogens (tertiary/aromatic N) is 2. The third kappa shape index (κ3) is 4.81. The van der Waals surface area contributed by atoms with Gasteiger partial charge in [-0.2, -0.15) is 0 Å². The summed E-state index contributed by atoms with van der Waals surface area (Å²) in [4.78, 5) is 16.7. The van der Waals surface area contributed by atoms with Crippen LogP contribution in [-0.4, -0.2) is 61.5 Å². The lowest BCUT2D eigenvalue weighted by Gasteiger charge is -2.34. The van der Waals surface area contributed by atoms with Crippen LogP contribution in [0.25, 0.3) is 0 Å². The van der Waals surface area contributed by atoms with Gasteiger partial charge in [-0.05, 0) is 24.2 Å². The Hall–Kier alpha value is -1.43. The Morgan fingerprint density at radius 3 is 2.33 bits per heavy atom. The van der Waals surface area contributed by atoms with E-state index in [0.29, 0.717) is 18.7 Å². The minimum atomic E-state index is -0.0523. The molecule has 21 heavy (non-hydrogen) atoms. The van der Waals surface area contributed by atoms with Crippen LogP contribution in [0.5, 0.6) is 0 Å². The Balaban J connectivity index is 1.84. The standard InChI is InChI=1S/C16H26N4O/c1-2-19-9-11-20(12-10-19)13-14-3-5-15(6-4-14)16(21)18-8-7-17/h3-6H,2,7-13,17H2,1H3,(H,18,21). The molecule has 1 aromatic carbocycles. The Bertz CT molecular complexity index is 438. The monoisotopic (exact) mass is 290 g/mol. The van der Waals surface area contributed by atoms with Gasteiger partial charge < -0.3 is 16.0 Å². The number of amides is 1. The van der Waals surface area contributed by atoms with Crippen LogP contribution in [0.3, 0.4) is 0 Å². The van der Waals surface area contributed by atoms with E-state index in [1.807, 2.05) is 24.3 Å². The number of rotatable bonds is 6. The number of hydrogen-bond acceptors (Lipinski definition) is 4. The normalized spacial score (nSPS) is 16.9. The number of nitrogens with one attached hydrogen (secondary N) is 1. The van der Waals surface area contributed by atoms with Crippen molar-refractivity contribution < 1.29 is 4.79 Å². The average molecular weight is 290 g/mol. The van der Waals surface area contributed by atoms with Crippen molar-refractivity contribution in [3.05, 3.63) is 35.4 Å². The highest BCUT2D eigenvalue weighted by atomic mass is 16.1. The summed E-state index contributed by atoms with van der Waals surface area (Å²) in [5.41, 5.74) is 7.34. The molecule has 1 fully saturated rings. The molecule has 116 valence electrons. The molecule has 0 atom stereocenters. The number of benzene rings is 1. The predicted octanol–water partition coefficient (Wildman–Crippen LogP) is 0.513. The first-order valence-electron chi connectivity index (χ1n) is 7.75. The van der Waals surface area contributed by atoms with Gasteiger partial charge in [0.15, 0.2) is 0 Å². The van der Waals surface area contributed by atoms with Crippen LogP contribution in [0.2, 0.25) is 0 Å². The quantitative estimate of drug-likeness (QED) is 0.801. The van der Waals surface area contributed by atoms with Gasteiger partial charge in [0.2, 0.25) is 0 Å². The molecule has 0 spiro atoms. The van der Waals surface area contributed by atoms with E-state index >= 15 is 0 Å². The van der Waals surface area contributed by atoms with Crippen LogP contribution in [0.4, 0.5) is 0 Å². The molecule has 1 saturated heterocycles. The van der Waals surface area contributed by atoms with E-state index in [1.54, 1.807) is 0 Å². The molecule has 5 nitrogen and oxygen atoms in total. The Morgan fingerprint density at radius 1 is 1.14 bits per heavy atom. The smallest absolute Gasteiger partial charge is 0.251 e. The molecule has 0 unspecified atom stereocenters. The van der Waals surface area contributed by atoms with E-state index in [-0.39, 0.29) is 5.91 Å². The molecule has 3 N–H and O–H groups in total. The predicted molar refractivity (Wildman–Crippen MR) is 85.2 cm³/mol. The first kappa shape index (κ1) is 15.9. The zero-order valence-corrected chi connectivity index (χ0v) is 12.8. The molecular formula is C16H26N4O. The summed E-state index contributed by atoms with van der Waals surface area (Å²) in [5.74, 6) is -0.0523. The maximum atomic E-state index is 11.8. The lowest BCUT2D eigenvalue weighted by Crippen LogP contribution is -2.45. The second kappa shape index (κ2) is 8.12. The fourth-order valence-electron chi connectivity index (χ4n) is 2.57. The number of piperazine rings is 1. The molecule has 1 aliphatic heterocycles. The highest BCUT2D eigenvalue weighted by Gasteiger charge is 2.15. The van der Waals surface area contributed by atoms with Gasteiger partial charge >= 0.3 is 0 Å². The Morgan fingerprint density at radius 2 is 1.76 bits per heavy atom. The van der Waals surface area contributed by atoms with Gasteiger partial charge in [-0.25, -0.2) is 0 Å². The van der Waals surface area contributed by atoms with Crippen molar-refractivity contribution in [2.24, 2.45) is 5.73 Å². The highest BCUT2D eigenvalue weighted by Crippen LogP contribution is 2.10. The summed E-state index contributed by atoms with van der Waals surface area (Å²) in [5, 5.41) is 2.78. The summed E-state index contributed by atoms with van der Waals surface area (Å²) < 4.78 is 0. The molecule has 1 heterocycles. The van der Waals surface area contributed by atoms with Gasteiger partial charge in [0.25, 0.3) is 5.91 Å². The average Bonchev–Trinajstić information content (AvgIpc) is 2.54. The summed E-state index contributed by atoms with van der Waals surface area (Å²) >= 11 is 0. The Kier molecular flexibility index (Phi) is 6.17. The maximum Gasteiger partial charge on any atom is 0.251 e. The first-order valence-corrected chi connectivity index (χ1v) is 7.75. The Labute approximate surface area is 127 Å². The van der Waals surface area contributed by atoms with E-state index in [4.69, 9.17) is 5.73 Å². The topological polar surface area (TPSA) is 61.6 Å². The van der Waals surface area contributed by atoms with Crippen molar-refractivity contribution in [2.75, 3.05) is 45.8 Å². The van der Waals surface area contributed by atoms with E-state index in [9.17, 15) is 4.79 Å². The van der Waals surface area contributed by atoms with Crippen molar-refractivity contribution in [1.82, 2.24) is 15.1 Å². The lowest BCUT2D eigenvalue weighted by molar-refractivity contribution is 0.0954. The minimum absolute atomic E-state index is 0.0523. The zero-order valence-electron chi connectivity index (χ0n) is 12.8. The van der Waals surface area contributed by atoms with Crippen LogP contribution in [0, 0.1) is 0 Å². The molecule has 2 rings (SSSR count). The number of nitrogens with two attached hydrogens (primary N) is 1. The molecule has 1 aliphatic rings. The second-order valence-electron chi connectivity index (χ2n) is 5.45. The number of carbonyl (C=O) groups excluding carboxylic acids is 1. The van der Waals surface area contributed by atoms with Crippen molar-refractivity contribution in [2.45, 2.75) is 13.5 Å². The van der Waals surface area contributed by atoms with Gasteiger partial charge in [-0.15, -0.1) is 0 Å². The number of likely N-dealkylation sites (N-methyl/N-ethyl adjacent to an activating group) is 1. The molecule has 1 aromatic rings. The molecular weight excluding hydrogens is 264 g/mol. The molecule has 0 aromatic heterocycles. The zero-order chi connectivity index (χ0) is 15.1. The van der Waals surface area contributed by atoms with Crippen molar-refractivity contribution in [3.8, 4) is 0 Å². The van der Waals surface area contributed by atoms with Gasteiger partial charge in [0.05, 0.1) is 0 Å². The summed E-state index contributed by atoms with van der Waals surface area (Å²) in [7, 11) is 0. The van der Waals surface area contributed by atoms with E-state index in [2.05, 4.69) is 22.0 Å². The summed E-state index contributed by atoms with van der Waals surface area (Å²) in [6.45, 7) is 9.83. The fourth-order valence-corrected chi connectivity index (χ4v) is 2.57. The molecule has 1 amide bonds. The molecule has 0 radical (unpaired) electrons. The number of hydrogen-bond donors (Lipinski definition) is 2. The van der Waals surface area contributed by atoms with E-state index in [1.165, 1.54) is 5.56 Å². The summed E-state index contributed by atoms with van der Waals surface area (Å²) in [6.07, 6.45) is 0. The summed E-state index contributed by atoms with van der Waals surface area (Å²) in [6, 6.07) is 7.88. The van der Waals surface area contributed by atoms with Crippen LogP contribution in [0.15, 0.2) is 24.3 Å².